The average Bonchev–Trinajstić information content (AvgIpc) is 2.54. The first-order chi connectivity index (χ1) is 11.7. The molecule has 0 radical (unpaired) electrons. The molecule has 0 heterocycles. The largest absolute Gasteiger partial charge is 0.373 e. The fourth-order valence-electron chi connectivity index (χ4n) is 3.51. The molecule has 24 heavy (non-hydrogen) atoms. The van der Waals surface area contributed by atoms with Gasteiger partial charge in [-0.05, 0) is 37.8 Å². The molecule has 0 spiro atoms. The van der Waals surface area contributed by atoms with E-state index in [9.17, 15) is 4.79 Å². The van der Waals surface area contributed by atoms with Crippen molar-refractivity contribution in [1.82, 2.24) is 0 Å². The summed E-state index contributed by atoms with van der Waals surface area (Å²) in [6.07, 6.45) is 13.6. The highest BCUT2D eigenvalue weighted by molar-refractivity contribution is 5.92. The molecule has 0 amide bonds. The molecule has 0 saturated heterocycles. The molecule has 0 atom stereocenters. The van der Waals surface area contributed by atoms with Crippen molar-refractivity contribution in [2.45, 2.75) is 90.6 Å². The highest BCUT2D eigenvalue weighted by Crippen LogP contribution is 2.20. The third-order valence-corrected chi connectivity index (χ3v) is 5.00. The van der Waals surface area contributed by atoms with Crippen LogP contribution in [0.15, 0.2) is 18.2 Å². The van der Waals surface area contributed by atoms with E-state index in [2.05, 4.69) is 0 Å². The number of benzene rings is 1. The normalized spacial score (nSPS) is 18.4. The summed E-state index contributed by atoms with van der Waals surface area (Å²) in [5.41, 5.74) is 2.50. The van der Waals surface area contributed by atoms with Crippen LogP contribution in [0.4, 0.5) is 0 Å². The van der Waals surface area contributed by atoms with Gasteiger partial charge in [0, 0.05) is 0 Å². The molecule has 3 nitrogen and oxygen atoms in total. The summed E-state index contributed by atoms with van der Waals surface area (Å²) in [6.45, 7) is 3.86. The lowest BCUT2D eigenvalue weighted by molar-refractivity contribution is -0.277. The monoisotopic (exact) mass is 332 g/mol. The Morgan fingerprint density at radius 3 is 1.79 bits per heavy atom. The molecule has 0 aromatic heterocycles. The lowest BCUT2D eigenvalue weighted by Gasteiger charge is -2.17. The van der Waals surface area contributed by atoms with Crippen molar-refractivity contribution in [1.29, 1.82) is 0 Å². The fourth-order valence-corrected chi connectivity index (χ4v) is 3.51. The molecule has 134 valence electrons. The molecule has 0 N–H and O–H groups in total. The van der Waals surface area contributed by atoms with Crippen LogP contribution in [0, 0.1) is 13.8 Å². The number of aryl methyl sites for hydroxylation is 2. The van der Waals surface area contributed by atoms with Crippen LogP contribution in [-0.2, 0) is 9.78 Å². The topological polar surface area (TPSA) is 35.5 Å². The highest BCUT2D eigenvalue weighted by atomic mass is 17.2. The van der Waals surface area contributed by atoms with Crippen LogP contribution in [0.2, 0.25) is 0 Å². The number of hydrogen-bond acceptors (Lipinski definition) is 3. The fraction of sp³-hybridized carbons (Fsp3) is 0.667. The zero-order valence-electron chi connectivity index (χ0n) is 15.3. The molecule has 1 aromatic rings. The first kappa shape index (κ1) is 19.0. The number of carbonyl (C=O) groups excluding carboxylic acids is 1. The van der Waals surface area contributed by atoms with E-state index in [1.807, 2.05) is 32.0 Å². The van der Waals surface area contributed by atoms with Crippen LogP contribution in [0.1, 0.15) is 92.1 Å². The first-order valence-corrected chi connectivity index (χ1v) is 9.62. The lowest BCUT2D eigenvalue weighted by Crippen LogP contribution is -2.18. The summed E-state index contributed by atoms with van der Waals surface area (Å²) < 4.78 is 0. The maximum atomic E-state index is 12.4. The van der Waals surface area contributed by atoms with Crippen molar-refractivity contribution in [3.05, 3.63) is 34.9 Å². The van der Waals surface area contributed by atoms with Gasteiger partial charge >= 0.3 is 5.97 Å². The minimum Gasteiger partial charge on any atom is -0.293 e. The minimum atomic E-state index is -0.364. The van der Waals surface area contributed by atoms with Crippen molar-refractivity contribution < 1.29 is 14.6 Å². The zero-order valence-corrected chi connectivity index (χ0v) is 15.3. The van der Waals surface area contributed by atoms with Gasteiger partial charge < -0.3 is 0 Å². The molecule has 1 aliphatic rings. The smallest absolute Gasteiger partial charge is 0.293 e. The predicted molar refractivity (Wildman–Crippen MR) is 97.0 cm³/mol. The van der Waals surface area contributed by atoms with E-state index in [-0.39, 0.29) is 12.1 Å². The van der Waals surface area contributed by atoms with Crippen LogP contribution >= 0.6 is 0 Å². The second-order valence-corrected chi connectivity index (χ2v) is 7.12. The molecule has 1 saturated carbocycles. The predicted octanol–water partition coefficient (Wildman–Crippen LogP) is 6.07. The maximum Gasteiger partial charge on any atom is 0.373 e. The van der Waals surface area contributed by atoms with Gasteiger partial charge in [0.05, 0.1) is 5.56 Å². The Morgan fingerprint density at radius 1 is 0.833 bits per heavy atom. The van der Waals surface area contributed by atoms with Crippen LogP contribution in [0.3, 0.4) is 0 Å². The Morgan fingerprint density at radius 2 is 1.29 bits per heavy atom. The van der Waals surface area contributed by atoms with Crippen molar-refractivity contribution in [3.8, 4) is 0 Å². The molecule has 0 unspecified atom stereocenters. The molecule has 0 aliphatic heterocycles. The van der Waals surface area contributed by atoms with E-state index in [4.69, 9.17) is 9.78 Å². The molecule has 1 aliphatic carbocycles. The summed E-state index contributed by atoms with van der Waals surface area (Å²) >= 11 is 0. The van der Waals surface area contributed by atoms with Gasteiger partial charge in [-0.25, -0.2) is 4.79 Å². The number of rotatable bonds is 3. The van der Waals surface area contributed by atoms with Gasteiger partial charge in [0.15, 0.2) is 0 Å². The van der Waals surface area contributed by atoms with Gasteiger partial charge in [-0.2, -0.15) is 4.89 Å². The van der Waals surface area contributed by atoms with Crippen molar-refractivity contribution >= 4 is 5.97 Å². The van der Waals surface area contributed by atoms with Gasteiger partial charge in [0.2, 0.25) is 0 Å². The van der Waals surface area contributed by atoms with E-state index in [0.717, 1.165) is 36.8 Å². The van der Waals surface area contributed by atoms with Gasteiger partial charge in [0.25, 0.3) is 0 Å². The SMILES string of the molecule is Cc1cccc(C)c1C(=O)OOC1CCCCCCCCCCC1. The van der Waals surface area contributed by atoms with E-state index in [1.54, 1.807) is 0 Å². The second-order valence-electron chi connectivity index (χ2n) is 7.12. The Balaban J connectivity index is 1.86. The highest BCUT2D eigenvalue weighted by Gasteiger charge is 2.18. The first-order valence-electron chi connectivity index (χ1n) is 9.62. The Hall–Kier alpha value is -1.35. The van der Waals surface area contributed by atoms with Crippen LogP contribution < -0.4 is 0 Å². The van der Waals surface area contributed by atoms with E-state index >= 15 is 0 Å². The summed E-state index contributed by atoms with van der Waals surface area (Å²) in [7, 11) is 0. The summed E-state index contributed by atoms with van der Waals surface area (Å²) in [6, 6.07) is 5.81. The average molecular weight is 332 g/mol. The minimum absolute atomic E-state index is 0.0395. The van der Waals surface area contributed by atoms with Crippen molar-refractivity contribution in [2.75, 3.05) is 0 Å². The number of hydrogen-bond donors (Lipinski definition) is 0. The zero-order chi connectivity index (χ0) is 17.2. The molecular formula is C21H32O3. The maximum absolute atomic E-state index is 12.4. The van der Waals surface area contributed by atoms with Crippen LogP contribution in [-0.4, -0.2) is 12.1 Å². The van der Waals surface area contributed by atoms with Gasteiger partial charge in [0.1, 0.15) is 6.10 Å². The lowest BCUT2D eigenvalue weighted by atomic mass is 9.99. The van der Waals surface area contributed by atoms with Crippen molar-refractivity contribution in [3.63, 3.8) is 0 Å². The molecular weight excluding hydrogens is 300 g/mol. The number of carbonyl (C=O) groups is 1. The summed E-state index contributed by atoms with van der Waals surface area (Å²) in [5, 5.41) is 0. The van der Waals surface area contributed by atoms with Crippen LogP contribution in [0.5, 0.6) is 0 Å². The molecule has 2 rings (SSSR count). The molecule has 0 bridgehead atoms. The molecule has 1 fully saturated rings. The summed E-state index contributed by atoms with van der Waals surface area (Å²) in [5.74, 6) is -0.364. The standard InChI is InChI=1S/C21H32O3/c1-17-13-12-14-18(2)20(17)21(22)24-23-19-15-10-8-6-4-3-5-7-9-11-16-19/h12-14,19H,3-11,15-16H2,1-2H3. The van der Waals surface area contributed by atoms with E-state index < -0.39 is 0 Å². The van der Waals surface area contributed by atoms with Gasteiger partial charge in [-0.3, -0.25) is 4.89 Å². The quantitative estimate of drug-likeness (QED) is 0.498. The third-order valence-electron chi connectivity index (χ3n) is 5.00. The van der Waals surface area contributed by atoms with Gasteiger partial charge in [-0.1, -0.05) is 76.0 Å². The molecule has 3 heteroatoms. The molecule has 1 aromatic carbocycles. The Labute approximate surface area is 146 Å². The summed E-state index contributed by atoms with van der Waals surface area (Å²) in [4.78, 5) is 23.1. The van der Waals surface area contributed by atoms with E-state index in [1.165, 1.54) is 44.9 Å². The van der Waals surface area contributed by atoms with Crippen LogP contribution in [0.25, 0.3) is 0 Å². The van der Waals surface area contributed by atoms with E-state index in [0.29, 0.717) is 5.56 Å². The van der Waals surface area contributed by atoms with Crippen molar-refractivity contribution in [2.24, 2.45) is 0 Å². The Kier molecular flexibility index (Phi) is 8.31. The Bertz CT molecular complexity index is 478. The second kappa shape index (κ2) is 10.5. The van der Waals surface area contributed by atoms with Gasteiger partial charge in [-0.15, -0.1) is 0 Å². The third kappa shape index (κ3) is 6.27.